The predicted octanol–water partition coefficient (Wildman–Crippen LogP) is 3.04. The van der Waals surface area contributed by atoms with Crippen LogP contribution in [0, 0.1) is 11.2 Å². The van der Waals surface area contributed by atoms with Crippen LogP contribution in [0.1, 0.15) is 38.9 Å². The largest absolute Gasteiger partial charge is 0.388 e. The highest BCUT2D eigenvalue weighted by Crippen LogP contribution is 2.27. The smallest absolute Gasteiger partial charge is 0.128 e. The fraction of sp³-hybridized carbons (Fsp3) is 0.538. The molecule has 0 aliphatic carbocycles. The summed E-state index contributed by atoms with van der Waals surface area (Å²) in [7, 11) is 0. The van der Waals surface area contributed by atoms with Crippen LogP contribution in [0.25, 0.3) is 0 Å². The fourth-order valence-corrected chi connectivity index (χ4v) is 1.47. The molecule has 2 atom stereocenters. The second-order valence-electron chi connectivity index (χ2n) is 5.25. The van der Waals surface area contributed by atoms with Gasteiger partial charge in [-0.1, -0.05) is 39.0 Å². The van der Waals surface area contributed by atoms with Crippen molar-refractivity contribution < 1.29 is 9.50 Å². The summed E-state index contributed by atoms with van der Waals surface area (Å²) < 4.78 is 13.4. The van der Waals surface area contributed by atoms with Crippen molar-refractivity contribution >= 4 is 12.4 Å². The highest BCUT2D eigenvalue weighted by atomic mass is 35.5. The topological polar surface area (TPSA) is 46.2 Å². The van der Waals surface area contributed by atoms with Crippen LogP contribution in [0.5, 0.6) is 0 Å². The van der Waals surface area contributed by atoms with Crippen molar-refractivity contribution in [3.05, 3.63) is 35.6 Å². The number of hydrogen-bond acceptors (Lipinski definition) is 2. The summed E-state index contributed by atoms with van der Waals surface area (Å²) in [6.45, 7) is 6.02. The molecular weight excluding hydrogens is 241 g/mol. The summed E-state index contributed by atoms with van der Waals surface area (Å²) in [6.07, 6.45) is -0.472. The third-order valence-electron chi connectivity index (χ3n) is 2.85. The molecule has 0 saturated heterocycles. The van der Waals surface area contributed by atoms with Gasteiger partial charge in [-0.15, -0.1) is 12.4 Å². The number of benzene rings is 1. The number of rotatable bonds is 3. The molecule has 1 aromatic carbocycles. The van der Waals surface area contributed by atoms with Gasteiger partial charge < -0.3 is 10.8 Å². The first kappa shape index (κ1) is 16.4. The number of aliphatic hydroxyl groups excluding tert-OH is 1. The lowest BCUT2D eigenvalue weighted by Gasteiger charge is -2.29. The van der Waals surface area contributed by atoms with Gasteiger partial charge in [0.1, 0.15) is 5.82 Å². The Morgan fingerprint density at radius 1 is 1.29 bits per heavy atom. The zero-order valence-electron chi connectivity index (χ0n) is 10.5. The van der Waals surface area contributed by atoms with Crippen molar-refractivity contribution in [3.8, 4) is 0 Å². The molecule has 0 fully saturated rings. The van der Waals surface area contributed by atoms with Gasteiger partial charge in [0.15, 0.2) is 0 Å². The second kappa shape index (κ2) is 6.34. The molecule has 0 saturated carbocycles. The van der Waals surface area contributed by atoms with E-state index in [0.717, 1.165) is 0 Å². The van der Waals surface area contributed by atoms with Gasteiger partial charge in [0.2, 0.25) is 0 Å². The molecule has 3 N–H and O–H groups in total. The fourth-order valence-electron chi connectivity index (χ4n) is 1.47. The zero-order valence-corrected chi connectivity index (χ0v) is 11.3. The van der Waals surface area contributed by atoms with Gasteiger partial charge in [-0.05, 0) is 17.9 Å². The van der Waals surface area contributed by atoms with Gasteiger partial charge in [-0.2, -0.15) is 0 Å². The Kier molecular flexibility index (Phi) is 6.10. The van der Waals surface area contributed by atoms with E-state index in [9.17, 15) is 9.50 Å². The van der Waals surface area contributed by atoms with Crippen molar-refractivity contribution in [3.63, 3.8) is 0 Å². The number of halogens is 2. The van der Waals surface area contributed by atoms with Crippen molar-refractivity contribution in [2.75, 3.05) is 0 Å². The van der Waals surface area contributed by atoms with Gasteiger partial charge in [0.05, 0.1) is 6.10 Å². The van der Waals surface area contributed by atoms with Crippen LogP contribution < -0.4 is 5.73 Å². The van der Waals surface area contributed by atoms with E-state index in [-0.39, 0.29) is 29.7 Å². The first-order valence-electron chi connectivity index (χ1n) is 5.50. The first-order chi connectivity index (χ1) is 7.32. The van der Waals surface area contributed by atoms with E-state index in [1.54, 1.807) is 18.2 Å². The van der Waals surface area contributed by atoms with E-state index in [1.807, 2.05) is 20.8 Å². The predicted molar refractivity (Wildman–Crippen MR) is 70.7 cm³/mol. The summed E-state index contributed by atoms with van der Waals surface area (Å²) >= 11 is 0. The Morgan fingerprint density at radius 2 is 1.82 bits per heavy atom. The van der Waals surface area contributed by atoms with Crippen LogP contribution in [-0.2, 0) is 0 Å². The quantitative estimate of drug-likeness (QED) is 0.879. The third-order valence-corrected chi connectivity index (χ3v) is 2.85. The number of aliphatic hydroxyl groups is 1. The maximum atomic E-state index is 13.4. The van der Waals surface area contributed by atoms with Crippen LogP contribution in [0.4, 0.5) is 4.39 Å². The van der Waals surface area contributed by atoms with Crippen LogP contribution >= 0.6 is 12.4 Å². The Balaban J connectivity index is 0.00000256. The molecule has 2 nitrogen and oxygen atoms in total. The highest BCUT2D eigenvalue weighted by Gasteiger charge is 2.24. The minimum Gasteiger partial charge on any atom is -0.388 e. The normalized spacial score (nSPS) is 14.9. The summed E-state index contributed by atoms with van der Waals surface area (Å²) in [5.41, 5.74) is 6.19. The molecule has 0 spiro atoms. The molecule has 1 aromatic rings. The molecule has 98 valence electrons. The first-order valence-corrected chi connectivity index (χ1v) is 5.50. The van der Waals surface area contributed by atoms with E-state index < -0.39 is 6.10 Å². The average molecular weight is 262 g/mol. The van der Waals surface area contributed by atoms with E-state index >= 15 is 0 Å². The maximum Gasteiger partial charge on any atom is 0.128 e. The van der Waals surface area contributed by atoms with E-state index in [4.69, 9.17) is 5.73 Å². The Bertz CT molecular complexity index is 352. The summed E-state index contributed by atoms with van der Waals surface area (Å²) in [5, 5.41) is 9.92. The monoisotopic (exact) mass is 261 g/mol. The van der Waals surface area contributed by atoms with Crippen LogP contribution in [-0.4, -0.2) is 11.1 Å². The molecule has 0 aromatic heterocycles. The Morgan fingerprint density at radius 3 is 2.29 bits per heavy atom. The second-order valence-corrected chi connectivity index (χ2v) is 5.25. The molecule has 0 aliphatic heterocycles. The van der Waals surface area contributed by atoms with Crippen molar-refractivity contribution in [2.24, 2.45) is 11.1 Å². The van der Waals surface area contributed by atoms with Gasteiger partial charge in [0, 0.05) is 11.6 Å². The van der Waals surface area contributed by atoms with Gasteiger partial charge in [-0.3, -0.25) is 0 Å². The lowest BCUT2D eigenvalue weighted by atomic mass is 9.83. The van der Waals surface area contributed by atoms with E-state index in [0.29, 0.717) is 12.0 Å². The number of hydrogen-bond donors (Lipinski definition) is 2. The number of nitrogens with two attached hydrogens (primary N) is 1. The molecule has 0 radical (unpaired) electrons. The van der Waals surface area contributed by atoms with Crippen LogP contribution in [0.15, 0.2) is 24.3 Å². The molecule has 4 heteroatoms. The van der Waals surface area contributed by atoms with Crippen molar-refractivity contribution in [2.45, 2.75) is 39.3 Å². The van der Waals surface area contributed by atoms with Crippen LogP contribution in [0.2, 0.25) is 0 Å². The van der Waals surface area contributed by atoms with E-state index in [1.165, 1.54) is 6.07 Å². The van der Waals surface area contributed by atoms with Gasteiger partial charge in [0.25, 0.3) is 0 Å². The minimum atomic E-state index is -0.838. The van der Waals surface area contributed by atoms with Crippen molar-refractivity contribution in [1.29, 1.82) is 0 Å². The SMILES string of the molecule is CC(C)(C)[C@@H](N)C[C@@H](O)c1ccccc1F.Cl. The summed E-state index contributed by atoms with van der Waals surface area (Å²) in [5.74, 6) is -0.379. The molecule has 0 aliphatic rings. The molecule has 0 amide bonds. The lowest BCUT2D eigenvalue weighted by Crippen LogP contribution is -2.36. The molecule has 0 heterocycles. The Labute approximate surface area is 108 Å². The van der Waals surface area contributed by atoms with E-state index in [2.05, 4.69) is 0 Å². The molecular formula is C13H21ClFNO. The zero-order chi connectivity index (χ0) is 12.3. The van der Waals surface area contributed by atoms with Crippen molar-refractivity contribution in [1.82, 2.24) is 0 Å². The van der Waals surface area contributed by atoms with Gasteiger partial charge >= 0.3 is 0 Å². The molecule has 17 heavy (non-hydrogen) atoms. The third kappa shape index (κ3) is 4.62. The molecule has 1 rings (SSSR count). The Hall–Kier alpha value is -0.640. The summed E-state index contributed by atoms with van der Waals surface area (Å²) in [6, 6.07) is 6.10. The van der Waals surface area contributed by atoms with Gasteiger partial charge in [-0.25, -0.2) is 4.39 Å². The highest BCUT2D eigenvalue weighted by molar-refractivity contribution is 5.85. The average Bonchev–Trinajstić information content (AvgIpc) is 2.16. The standard InChI is InChI=1S/C13H20FNO.ClH/c1-13(2,3)12(15)8-11(16)9-6-4-5-7-10(9)14;/h4-7,11-12,16H,8,15H2,1-3H3;1H/t11-,12+;/m1./s1. The van der Waals surface area contributed by atoms with Crippen LogP contribution in [0.3, 0.4) is 0 Å². The maximum absolute atomic E-state index is 13.4. The summed E-state index contributed by atoms with van der Waals surface area (Å²) in [4.78, 5) is 0. The lowest BCUT2D eigenvalue weighted by molar-refractivity contribution is 0.130. The molecule has 0 bridgehead atoms. The minimum absolute atomic E-state index is 0. The molecule has 0 unspecified atom stereocenters.